The van der Waals surface area contributed by atoms with Crippen molar-refractivity contribution in [2.75, 3.05) is 32.5 Å². The van der Waals surface area contributed by atoms with E-state index in [2.05, 4.69) is 10.3 Å². The summed E-state index contributed by atoms with van der Waals surface area (Å²) in [6, 6.07) is 4.74. The number of piperidine rings is 1. The van der Waals surface area contributed by atoms with Gasteiger partial charge in [-0.15, -0.1) is 0 Å². The summed E-state index contributed by atoms with van der Waals surface area (Å²) in [5.41, 5.74) is -0.764. The van der Waals surface area contributed by atoms with Gasteiger partial charge in [0.2, 0.25) is 5.91 Å². The number of aromatic nitrogens is 1. The van der Waals surface area contributed by atoms with Gasteiger partial charge in [0.1, 0.15) is 11.4 Å². The average Bonchev–Trinajstić information content (AvgIpc) is 2.79. The Bertz CT molecular complexity index is 685. The Morgan fingerprint density at radius 3 is 2.44 bits per heavy atom. The van der Waals surface area contributed by atoms with E-state index in [-0.39, 0.29) is 23.9 Å². The number of imide groups is 1. The summed E-state index contributed by atoms with van der Waals surface area (Å²) in [6.45, 7) is 3.00. The Labute approximate surface area is 146 Å². The Morgan fingerprint density at radius 1 is 1.24 bits per heavy atom. The van der Waals surface area contributed by atoms with E-state index in [1.165, 1.54) is 11.9 Å². The molecule has 1 aromatic heterocycles. The summed E-state index contributed by atoms with van der Waals surface area (Å²) >= 11 is 0. The molecule has 2 aliphatic heterocycles. The zero-order valence-corrected chi connectivity index (χ0v) is 14.7. The minimum Gasteiger partial charge on any atom is -0.312 e. The number of hydrogen-bond acceptors (Lipinski definition) is 5. The van der Waals surface area contributed by atoms with Crippen molar-refractivity contribution in [2.45, 2.75) is 31.3 Å². The highest BCUT2D eigenvalue weighted by molar-refractivity contribution is 6.06. The van der Waals surface area contributed by atoms with Gasteiger partial charge in [-0.2, -0.15) is 0 Å². The predicted octanol–water partition coefficient (Wildman–Crippen LogP) is 0.767. The van der Waals surface area contributed by atoms with E-state index in [9.17, 15) is 14.4 Å². The minimum atomic E-state index is -0.764. The zero-order valence-electron chi connectivity index (χ0n) is 14.7. The number of hydrogen-bond donors (Lipinski definition) is 1. The van der Waals surface area contributed by atoms with E-state index in [4.69, 9.17) is 0 Å². The van der Waals surface area contributed by atoms with Gasteiger partial charge in [0.05, 0.1) is 6.04 Å². The monoisotopic (exact) mass is 345 g/mol. The fourth-order valence-electron chi connectivity index (χ4n) is 3.61. The first kappa shape index (κ1) is 17.3. The van der Waals surface area contributed by atoms with Gasteiger partial charge < -0.3 is 10.2 Å². The number of likely N-dealkylation sites (N-methyl/N-ethyl adjacent to an activating group) is 2. The molecule has 2 fully saturated rings. The van der Waals surface area contributed by atoms with Crippen LogP contribution >= 0.6 is 0 Å². The van der Waals surface area contributed by atoms with Crippen LogP contribution in [0.2, 0.25) is 0 Å². The van der Waals surface area contributed by atoms with Gasteiger partial charge in [-0.05, 0) is 31.9 Å². The van der Waals surface area contributed by atoms with Gasteiger partial charge in [-0.3, -0.25) is 19.4 Å². The fourth-order valence-corrected chi connectivity index (χ4v) is 3.61. The van der Waals surface area contributed by atoms with Crippen molar-refractivity contribution in [1.29, 1.82) is 0 Å². The van der Waals surface area contributed by atoms with Crippen LogP contribution in [-0.4, -0.2) is 76.3 Å². The molecule has 0 saturated carbocycles. The molecule has 25 heavy (non-hydrogen) atoms. The highest BCUT2D eigenvalue weighted by Gasteiger charge is 2.55. The number of carbonyl (C=O) groups excluding carboxylic acids is 3. The molecule has 0 aliphatic carbocycles. The van der Waals surface area contributed by atoms with Crippen LogP contribution < -0.4 is 5.32 Å². The maximum absolute atomic E-state index is 12.5. The first-order valence-corrected chi connectivity index (χ1v) is 8.39. The first-order valence-electron chi connectivity index (χ1n) is 8.39. The number of likely N-dealkylation sites (tertiary alicyclic amines) is 1. The van der Waals surface area contributed by atoms with Gasteiger partial charge in [0.15, 0.2) is 0 Å². The molecule has 2 saturated heterocycles. The standard InChI is InChI=1S/C17H23N5O3/c1-12(14(23)19-13-6-4-5-9-18-13)22-10-7-17(8-11-22)15(24)20(2)16(25)21(17)3/h4-6,9,12H,7-8,10-11H2,1-3H3,(H,18,19,23). The van der Waals surface area contributed by atoms with E-state index in [0.29, 0.717) is 31.7 Å². The minimum absolute atomic E-state index is 0.131. The molecule has 0 radical (unpaired) electrons. The third kappa shape index (κ3) is 2.86. The molecule has 8 nitrogen and oxygen atoms in total. The lowest BCUT2D eigenvalue weighted by Gasteiger charge is -2.42. The largest absolute Gasteiger partial charge is 0.327 e. The van der Waals surface area contributed by atoms with E-state index < -0.39 is 5.54 Å². The Hall–Kier alpha value is -2.48. The quantitative estimate of drug-likeness (QED) is 0.818. The van der Waals surface area contributed by atoms with Crippen molar-refractivity contribution >= 4 is 23.7 Å². The highest BCUT2D eigenvalue weighted by atomic mass is 16.2. The summed E-state index contributed by atoms with van der Waals surface area (Å²) in [5, 5.41) is 2.80. The molecule has 134 valence electrons. The topological polar surface area (TPSA) is 85.9 Å². The maximum atomic E-state index is 12.5. The lowest BCUT2D eigenvalue weighted by molar-refractivity contribution is -0.135. The number of carbonyl (C=O) groups is 3. The molecule has 8 heteroatoms. The molecular formula is C17H23N5O3. The van der Waals surface area contributed by atoms with Gasteiger partial charge in [-0.25, -0.2) is 9.78 Å². The summed E-state index contributed by atoms with van der Waals surface area (Å²) in [6.07, 6.45) is 2.68. The van der Waals surface area contributed by atoms with Crippen molar-refractivity contribution in [3.8, 4) is 0 Å². The van der Waals surface area contributed by atoms with Crippen LogP contribution in [0, 0.1) is 0 Å². The summed E-state index contributed by atoms with van der Waals surface area (Å²) in [7, 11) is 3.20. The van der Waals surface area contributed by atoms with Crippen LogP contribution in [-0.2, 0) is 9.59 Å². The third-order valence-corrected chi connectivity index (χ3v) is 5.39. The van der Waals surface area contributed by atoms with Crippen LogP contribution in [0.3, 0.4) is 0 Å². The highest BCUT2D eigenvalue weighted by Crippen LogP contribution is 2.35. The molecule has 0 aromatic carbocycles. The SMILES string of the molecule is CC(C(=O)Nc1ccccn1)N1CCC2(CC1)C(=O)N(C)C(=O)N2C. The van der Waals surface area contributed by atoms with E-state index in [1.807, 2.05) is 17.9 Å². The molecule has 1 spiro atoms. The van der Waals surface area contributed by atoms with E-state index in [1.54, 1.807) is 30.3 Å². The molecule has 1 aromatic rings. The number of urea groups is 1. The van der Waals surface area contributed by atoms with Crippen molar-refractivity contribution in [1.82, 2.24) is 19.7 Å². The third-order valence-electron chi connectivity index (χ3n) is 5.39. The second kappa shape index (κ2) is 6.44. The number of anilines is 1. The first-order chi connectivity index (χ1) is 11.9. The lowest BCUT2D eigenvalue weighted by Crippen LogP contribution is -2.57. The Balaban J connectivity index is 1.63. The molecule has 1 unspecified atom stereocenters. The van der Waals surface area contributed by atoms with Crippen LogP contribution in [0.25, 0.3) is 0 Å². The molecule has 1 atom stereocenters. The van der Waals surface area contributed by atoms with Crippen molar-refractivity contribution < 1.29 is 14.4 Å². The van der Waals surface area contributed by atoms with Crippen LogP contribution in [0.4, 0.5) is 10.6 Å². The smallest absolute Gasteiger partial charge is 0.312 e. The number of pyridine rings is 1. The fraction of sp³-hybridized carbons (Fsp3) is 0.529. The van der Waals surface area contributed by atoms with Crippen LogP contribution in [0.15, 0.2) is 24.4 Å². The summed E-state index contributed by atoms with van der Waals surface area (Å²) in [4.78, 5) is 45.9. The molecular weight excluding hydrogens is 322 g/mol. The zero-order chi connectivity index (χ0) is 18.2. The van der Waals surface area contributed by atoms with Crippen LogP contribution in [0.1, 0.15) is 19.8 Å². The second-order valence-corrected chi connectivity index (χ2v) is 6.65. The average molecular weight is 345 g/mol. The van der Waals surface area contributed by atoms with Gasteiger partial charge in [0, 0.05) is 33.4 Å². The Morgan fingerprint density at radius 2 is 1.92 bits per heavy atom. The number of nitrogens with one attached hydrogen (secondary N) is 1. The predicted molar refractivity (Wildman–Crippen MR) is 91.8 cm³/mol. The Kier molecular flexibility index (Phi) is 4.47. The molecule has 3 heterocycles. The van der Waals surface area contributed by atoms with E-state index in [0.717, 1.165) is 0 Å². The number of rotatable bonds is 3. The normalized spacial score (nSPS) is 21.7. The van der Waals surface area contributed by atoms with Gasteiger partial charge >= 0.3 is 6.03 Å². The summed E-state index contributed by atoms with van der Waals surface area (Å²) in [5.74, 6) is 0.241. The van der Waals surface area contributed by atoms with E-state index >= 15 is 0 Å². The summed E-state index contributed by atoms with van der Waals surface area (Å²) < 4.78 is 0. The molecule has 4 amide bonds. The van der Waals surface area contributed by atoms with Crippen molar-refractivity contribution in [3.05, 3.63) is 24.4 Å². The lowest BCUT2D eigenvalue weighted by atomic mass is 9.85. The van der Waals surface area contributed by atoms with Gasteiger partial charge in [-0.1, -0.05) is 6.07 Å². The molecule has 2 aliphatic rings. The molecule has 1 N–H and O–H groups in total. The van der Waals surface area contributed by atoms with Gasteiger partial charge in [0.25, 0.3) is 5.91 Å². The molecule has 3 rings (SSSR count). The van der Waals surface area contributed by atoms with Crippen LogP contribution in [0.5, 0.6) is 0 Å². The van der Waals surface area contributed by atoms with Crippen molar-refractivity contribution in [2.24, 2.45) is 0 Å². The number of nitrogens with zero attached hydrogens (tertiary/aromatic N) is 4. The van der Waals surface area contributed by atoms with Crippen molar-refractivity contribution in [3.63, 3.8) is 0 Å². The maximum Gasteiger partial charge on any atom is 0.327 e. The number of amides is 4. The molecule has 0 bridgehead atoms. The second-order valence-electron chi connectivity index (χ2n) is 6.65.